The smallest absolute Gasteiger partial charge is 0.276 e. The molecule has 4 nitrogen and oxygen atoms in total. The van der Waals surface area contributed by atoms with Gasteiger partial charge in [0.15, 0.2) is 5.78 Å². The summed E-state index contributed by atoms with van der Waals surface area (Å²) in [7, 11) is 0. The minimum atomic E-state index is -0.401. The van der Waals surface area contributed by atoms with Gasteiger partial charge >= 0.3 is 0 Å². The van der Waals surface area contributed by atoms with Gasteiger partial charge in [-0.2, -0.15) is 0 Å². The van der Waals surface area contributed by atoms with E-state index in [-0.39, 0.29) is 12.2 Å². The van der Waals surface area contributed by atoms with E-state index in [2.05, 4.69) is 16.6 Å². The van der Waals surface area contributed by atoms with Gasteiger partial charge in [0, 0.05) is 11.6 Å². The molecule has 0 radical (unpaired) electrons. The van der Waals surface area contributed by atoms with Gasteiger partial charge in [0.25, 0.3) is 6.08 Å². The molecule has 11 heavy (non-hydrogen) atoms. The Bertz CT molecular complexity index is 194. The van der Waals surface area contributed by atoms with Gasteiger partial charge in [-0.15, -0.1) is 0 Å². The number of hydrogen-bond acceptors (Lipinski definition) is 4. The number of isocyanates is 1. The molecule has 0 spiro atoms. The van der Waals surface area contributed by atoms with Crippen molar-refractivity contribution in [3.05, 3.63) is 12.7 Å². The van der Waals surface area contributed by atoms with Gasteiger partial charge in [-0.25, -0.2) is 4.79 Å². The number of rotatable bonds is 5. The summed E-state index contributed by atoms with van der Waals surface area (Å²) < 4.78 is 0. The van der Waals surface area contributed by atoms with Crippen LogP contribution in [0.3, 0.4) is 0 Å². The number of ketones is 1. The summed E-state index contributed by atoms with van der Waals surface area (Å²) in [6.07, 6.45) is 2.18. The van der Waals surface area contributed by atoms with E-state index in [1.807, 2.05) is 0 Å². The molecule has 0 bridgehead atoms. The second kappa shape index (κ2) is 5.38. The molecule has 0 aliphatic rings. The fourth-order valence-electron chi connectivity index (χ4n) is 0.515. The maximum atomic E-state index is 10.6. The van der Waals surface area contributed by atoms with Gasteiger partial charge in [-0.3, -0.25) is 4.79 Å². The molecular formula is C7H9NO3. The number of hydrogen-bond donors (Lipinski definition) is 0. The van der Waals surface area contributed by atoms with E-state index >= 15 is 0 Å². The Morgan fingerprint density at radius 2 is 2.55 bits per heavy atom. The van der Waals surface area contributed by atoms with Gasteiger partial charge in [0.05, 0.1) is 0 Å². The Morgan fingerprint density at radius 1 is 1.91 bits per heavy atom. The second-order valence-electron chi connectivity index (χ2n) is 1.97. The molecule has 1 atom stereocenters. The van der Waals surface area contributed by atoms with Crippen LogP contribution >= 0.6 is 0 Å². The van der Waals surface area contributed by atoms with E-state index in [1.54, 1.807) is 6.92 Å². The number of carbonyl (C=O) groups is 1. The summed E-state index contributed by atoms with van der Waals surface area (Å²) in [6.45, 7) is 4.91. The molecule has 0 saturated heterocycles. The summed E-state index contributed by atoms with van der Waals surface area (Å²) in [5.41, 5.74) is 0. The third-order valence-corrected chi connectivity index (χ3v) is 0.986. The molecule has 0 rings (SSSR count). The van der Waals surface area contributed by atoms with Crippen LogP contribution in [-0.4, -0.2) is 18.0 Å². The third-order valence-electron chi connectivity index (χ3n) is 0.986. The molecule has 0 saturated carbocycles. The summed E-state index contributed by atoms with van der Waals surface area (Å²) >= 11 is 0. The molecule has 1 unspecified atom stereocenters. The Kier molecular flexibility index (Phi) is 4.69. The minimum absolute atomic E-state index is 0.140. The van der Waals surface area contributed by atoms with Gasteiger partial charge in [0.2, 0.25) is 0 Å². The first-order chi connectivity index (χ1) is 5.20. The lowest BCUT2D eigenvalue weighted by Crippen LogP contribution is -2.09. The van der Waals surface area contributed by atoms with Crippen LogP contribution in [0.1, 0.15) is 13.3 Å². The Hall–Kier alpha value is -1.41. The summed E-state index contributed by atoms with van der Waals surface area (Å²) in [5, 5.41) is 2.87. The first-order valence-corrected chi connectivity index (χ1v) is 3.09. The average molecular weight is 155 g/mol. The Balaban J connectivity index is 3.67. The fourth-order valence-corrected chi connectivity index (χ4v) is 0.515. The normalized spacial score (nSPS) is 11.0. The zero-order valence-electron chi connectivity index (χ0n) is 6.24. The quantitative estimate of drug-likeness (QED) is 0.255. The van der Waals surface area contributed by atoms with Crippen LogP contribution in [0.25, 0.3) is 0 Å². The van der Waals surface area contributed by atoms with E-state index < -0.39 is 6.10 Å². The lowest BCUT2D eigenvalue weighted by molar-refractivity contribution is -0.117. The number of allylic oxidation sites excluding steroid dienone is 1. The van der Waals surface area contributed by atoms with Crippen molar-refractivity contribution in [3.8, 4) is 0 Å². The highest BCUT2D eigenvalue weighted by Gasteiger charge is 2.05. The Morgan fingerprint density at radius 3 is 3.00 bits per heavy atom. The van der Waals surface area contributed by atoms with Crippen molar-refractivity contribution in [3.63, 3.8) is 0 Å². The van der Waals surface area contributed by atoms with Crippen LogP contribution in [0.15, 0.2) is 17.8 Å². The van der Waals surface area contributed by atoms with E-state index in [0.717, 1.165) is 0 Å². The zero-order chi connectivity index (χ0) is 8.69. The third kappa shape index (κ3) is 5.06. The summed E-state index contributed by atoms with van der Waals surface area (Å²) in [6, 6.07) is 0. The lowest BCUT2D eigenvalue weighted by Gasteiger charge is -2.03. The molecule has 0 aliphatic carbocycles. The highest BCUT2D eigenvalue weighted by Crippen LogP contribution is 1.98. The van der Waals surface area contributed by atoms with Crippen molar-refractivity contribution in [1.82, 2.24) is 0 Å². The van der Waals surface area contributed by atoms with E-state index in [4.69, 9.17) is 0 Å². The number of nitrogens with zero attached hydrogens (tertiary/aromatic N) is 1. The van der Waals surface area contributed by atoms with Crippen molar-refractivity contribution < 1.29 is 14.4 Å². The largest absolute Gasteiger partial charge is 0.383 e. The topological polar surface area (TPSA) is 55.7 Å². The first kappa shape index (κ1) is 9.59. The molecule has 0 heterocycles. The van der Waals surface area contributed by atoms with Crippen molar-refractivity contribution in [1.29, 1.82) is 0 Å². The Labute approximate surface area is 64.5 Å². The number of carbonyl (C=O) groups excluding carboxylic acids is 2. The molecular weight excluding hydrogens is 146 g/mol. The van der Waals surface area contributed by atoms with Crippen LogP contribution in [0.4, 0.5) is 0 Å². The van der Waals surface area contributed by atoms with Gasteiger partial charge in [-0.1, -0.05) is 6.58 Å². The molecule has 0 amide bonds. The van der Waals surface area contributed by atoms with Crippen LogP contribution in [0.2, 0.25) is 0 Å². The molecule has 0 aromatic rings. The van der Waals surface area contributed by atoms with E-state index in [9.17, 15) is 9.59 Å². The van der Waals surface area contributed by atoms with Gasteiger partial charge in [0.1, 0.15) is 6.10 Å². The summed E-state index contributed by atoms with van der Waals surface area (Å²) in [4.78, 5) is 24.7. The molecule has 0 aromatic heterocycles. The first-order valence-electron chi connectivity index (χ1n) is 3.09. The maximum Gasteiger partial charge on any atom is 0.276 e. The van der Waals surface area contributed by atoms with Crippen molar-refractivity contribution in [2.75, 3.05) is 0 Å². The molecule has 0 N–H and O–H groups in total. The molecule has 0 aliphatic heterocycles. The minimum Gasteiger partial charge on any atom is -0.383 e. The molecule has 0 aromatic carbocycles. The standard InChI is InChI=1S/C7H9NO3/c1-3-7(10)4-6(2)11-8-5-9/h3,6H,1,4H2,2H3. The lowest BCUT2D eigenvalue weighted by atomic mass is 10.2. The maximum absolute atomic E-state index is 10.6. The van der Waals surface area contributed by atoms with Crippen LogP contribution < -0.4 is 0 Å². The zero-order valence-corrected chi connectivity index (χ0v) is 6.24. The van der Waals surface area contributed by atoms with Crippen LogP contribution in [0.5, 0.6) is 0 Å². The van der Waals surface area contributed by atoms with Crippen molar-refractivity contribution in [2.24, 2.45) is 5.16 Å². The monoisotopic (exact) mass is 155 g/mol. The van der Waals surface area contributed by atoms with E-state index in [1.165, 1.54) is 12.2 Å². The molecule has 0 fully saturated rings. The predicted molar refractivity (Wildman–Crippen MR) is 38.5 cm³/mol. The van der Waals surface area contributed by atoms with Crippen LogP contribution in [-0.2, 0) is 14.4 Å². The average Bonchev–Trinajstić information content (AvgIpc) is 2.00. The van der Waals surface area contributed by atoms with E-state index in [0.29, 0.717) is 0 Å². The molecule has 4 heteroatoms. The molecule has 60 valence electrons. The fraction of sp³-hybridized carbons (Fsp3) is 0.429. The second-order valence-corrected chi connectivity index (χ2v) is 1.97. The van der Waals surface area contributed by atoms with Gasteiger partial charge < -0.3 is 4.84 Å². The van der Waals surface area contributed by atoms with Crippen LogP contribution in [0, 0.1) is 0 Å². The highest BCUT2D eigenvalue weighted by molar-refractivity contribution is 5.89. The SMILES string of the molecule is C=CC(=O)CC(C)ON=C=O. The predicted octanol–water partition coefficient (Wildman–Crippen LogP) is 0.787. The van der Waals surface area contributed by atoms with Gasteiger partial charge in [-0.05, 0) is 13.0 Å². The summed E-state index contributed by atoms with van der Waals surface area (Å²) in [5.74, 6) is -0.140. The van der Waals surface area contributed by atoms with Crippen molar-refractivity contribution in [2.45, 2.75) is 19.4 Å². The highest BCUT2D eigenvalue weighted by atomic mass is 16.6. The van der Waals surface area contributed by atoms with Crippen molar-refractivity contribution >= 4 is 11.9 Å².